The number of rotatable bonds is 7. The summed E-state index contributed by atoms with van der Waals surface area (Å²) >= 11 is 0. The minimum absolute atomic E-state index is 0.0282. The fraction of sp³-hybridized carbons (Fsp3) is 0.438. The molecule has 3 amide bonds. The zero-order chi connectivity index (χ0) is 17.9. The van der Waals surface area contributed by atoms with E-state index in [1.807, 2.05) is 13.8 Å². The molecule has 1 aromatic rings. The van der Waals surface area contributed by atoms with E-state index in [1.165, 1.54) is 18.2 Å². The zero-order valence-electron chi connectivity index (χ0n) is 13.7. The Balaban J connectivity index is 2.26. The van der Waals surface area contributed by atoms with Gasteiger partial charge in [0.2, 0.25) is 5.91 Å². The van der Waals surface area contributed by atoms with Gasteiger partial charge in [-0.25, -0.2) is 0 Å². The number of hydrogen-bond acceptors (Lipinski definition) is 5. The van der Waals surface area contributed by atoms with Crippen LogP contribution in [-0.2, 0) is 4.79 Å². The molecule has 0 saturated heterocycles. The molecule has 1 aromatic carbocycles. The van der Waals surface area contributed by atoms with Gasteiger partial charge in [0, 0.05) is 19.2 Å². The number of carbonyl (C=O) groups excluding carboxylic acids is 3. The molecule has 0 aromatic heterocycles. The highest BCUT2D eigenvalue weighted by Crippen LogP contribution is 2.30. The molecule has 0 bridgehead atoms. The van der Waals surface area contributed by atoms with E-state index in [0.29, 0.717) is 13.1 Å². The van der Waals surface area contributed by atoms with Crippen molar-refractivity contribution in [2.24, 2.45) is 0 Å². The van der Waals surface area contributed by atoms with Crippen LogP contribution in [0.4, 0.5) is 5.69 Å². The summed E-state index contributed by atoms with van der Waals surface area (Å²) in [5, 5.41) is 11.1. The van der Waals surface area contributed by atoms with Crippen molar-refractivity contribution < 1.29 is 19.3 Å². The Morgan fingerprint density at radius 1 is 1.17 bits per heavy atom. The molecule has 1 aliphatic rings. The van der Waals surface area contributed by atoms with Crippen LogP contribution in [0, 0.1) is 10.1 Å². The largest absolute Gasteiger partial charge is 0.341 e. The lowest BCUT2D eigenvalue weighted by molar-refractivity contribution is -0.385. The molecule has 8 heteroatoms. The van der Waals surface area contributed by atoms with Crippen LogP contribution in [0.15, 0.2) is 18.2 Å². The summed E-state index contributed by atoms with van der Waals surface area (Å²) in [7, 11) is 0. The van der Waals surface area contributed by atoms with Gasteiger partial charge in [-0.1, -0.05) is 19.9 Å². The van der Waals surface area contributed by atoms with Gasteiger partial charge in [0.15, 0.2) is 0 Å². The quantitative estimate of drug-likeness (QED) is 0.430. The summed E-state index contributed by atoms with van der Waals surface area (Å²) in [5.41, 5.74) is -0.683. The first-order valence-corrected chi connectivity index (χ1v) is 7.83. The standard InChI is InChI=1S/C16H19N3O5/c1-3-8-17(9-4-2)13(20)10-18-15(21)11-6-5-7-12(19(23)24)14(11)16(18)22/h5-7H,3-4,8-10H2,1-2H3. The first-order chi connectivity index (χ1) is 11.4. The average molecular weight is 333 g/mol. The Hall–Kier alpha value is -2.77. The molecule has 24 heavy (non-hydrogen) atoms. The minimum Gasteiger partial charge on any atom is -0.341 e. The maximum atomic E-state index is 12.4. The third-order valence-corrected chi connectivity index (χ3v) is 3.81. The number of benzene rings is 1. The molecule has 0 fully saturated rings. The monoisotopic (exact) mass is 333 g/mol. The molecule has 0 spiro atoms. The number of nitro benzene ring substituents is 1. The lowest BCUT2D eigenvalue weighted by Crippen LogP contribution is -2.43. The second-order valence-electron chi connectivity index (χ2n) is 5.53. The molecule has 0 atom stereocenters. The van der Waals surface area contributed by atoms with Gasteiger partial charge in [-0.2, -0.15) is 0 Å². The lowest BCUT2D eigenvalue weighted by atomic mass is 10.1. The van der Waals surface area contributed by atoms with Crippen molar-refractivity contribution in [3.63, 3.8) is 0 Å². The second-order valence-corrected chi connectivity index (χ2v) is 5.53. The van der Waals surface area contributed by atoms with Gasteiger partial charge in [-0.15, -0.1) is 0 Å². The van der Waals surface area contributed by atoms with E-state index < -0.39 is 29.0 Å². The van der Waals surface area contributed by atoms with Gasteiger partial charge in [-0.05, 0) is 18.9 Å². The van der Waals surface area contributed by atoms with Crippen LogP contribution in [0.5, 0.6) is 0 Å². The highest BCUT2D eigenvalue weighted by atomic mass is 16.6. The molecule has 0 radical (unpaired) electrons. The van der Waals surface area contributed by atoms with Gasteiger partial charge in [-0.3, -0.25) is 29.4 Å². The number of fused-ring (bicyclic) bond motifs is 1. The van der Waals surface area contributed by atoms with Crippen LogP contribution in [0.3, 0.4) is 0 Å². The third kappa shape index (κ3) is 3.12. The summed E-state index contributed by atoms with van der Waals surface area (Å²) < 4.78 is 0. The maximum Gasteiger partial charge on any atom is 0.282 e. The van der Waals surface area contributed by atoms with Crippen LogP contribution in [0.1, 0.15) is 47.4 Å². The minimum atomic E-state index is -0.788. The summed E-state index contributed by atoms with van der Waals surface area (Å²) in [6.07, 6.45) is 1.53. The molecular formula is C16H19N3O5. The van der Waals surface area contributed by atoms with E-state index in [-0.39, 0.29) is 17.0 Å². The van der Waals surface area contributed by atoms with Crippen LogP contribution in [-0.4, -0.2) is 52.1 Å². The molecule has 0 aliphatic carbocycles. The number of hydrogen-bond donors (Lipinski definition) is 0. The highest BCUT2D eigenvalue weighted by Gasteiger charge is 2.42. The maximum absolute atomic E-state index is 12.4. The molecule has 2 rings (SSSR count). The van der Waals surface area contributed by atoms with Gasteiger partial charge < -0.3 is 4.90 Å². The predicted molar refractivity (Wildman–Crippen MR) is 85.6 cm³/mol. The first-order valence-electron chi connectivity index (χ1n) is 7.83. The fourth-order valence-corrected chi connectivity index (χ4v) is 2.75. The van der Waals surface area contributed by atoms with Crippen molar-refractivity contribution in [3.8, 4) is 0 Å². The van der Waals surface area contributed by atoms with Crippen LogP contribution < -0.4 is 0 Å². The summed E-state index contributed by atoms with van der Waals surface area (Å²) in [4.78, 5) is 49.9. The number of imide groups is 1. The Morgan fingerprint density at radius 2 is 1.79 bits per heavy atom. The van der Waals surface area contributed by atoms with E-state index in [0.717, 1.165) is 17.7 Å². The van der Waals surface area contributed by atoms with Crippen molar-refractivity contribution in [1.82, 2.24) is 9.80 Å². The predicted octanol–water partition coefficient (Wildman–Crippen LogP) is 1.84. The topological polar surface area (TPSA) is 101 Å². The molecule has 1 heterocycles. The molecule has 1 aliphatic heterocycles. The second kappa shape index (κ2) is 7.20. The Labute approximate surface area is 139 Å². The summed E-state index contributed by atoms with van der Waals surface area (Å²) in [6, 6.07) is 3.90. The van der Waals surface area contributed by atoms with E-state index in [1.54, 1.807) is 4.90 Å². The number of nitro groups is 1. The molecule has 0 N–H and O–H groups in total. The summed E-state index contributed by atoms with van der Waals surface area (Å²) in [5.74, 6) is -1.79. The average Bonchev–Trinajstić information content (AvgIpc) is 2.79. The first kappa shape index (κ1) is 17.6. The molecule has 8 nitrogen and oxygen atoms in total. The van der Waals surface area contributed by atoms with Crippen molar-refractivity contribution in [1.29, 1.82) is 0 Å². The Morgan fingerprint density at radius 3 is 2.33 bits per heavy atom. The van der Waals surface area contributed by atoms with Gasteiger partial charge in [0.05, 0.1) is 10.5 Å². The van der Waals surface area contributed by atoms with E-state index in [4.69, 9.17) is 0 Å². The SMILES string of the molecule is CCCN(CCC)C(=O)CN1C(=O)c2cccc([N+](=O)[O-])c2C1=O. The summed E-state index contributed by atoms with van der Waals surface area (Å²) in [6.45, 7) is 4.54. The van der Waals surface area contributed by atoms with Gasteiger partial charge in [0.25, 0.3) is 17.5 Å². The Kier molecular flexibility index (Phi) is 5.28. The Bertz CT molecular complexity index is 695. The van der Waals surface area contributed by atoms with Crippen molar-refractivity contribution in [3.05, 3.63) is 39.4 Å². The van der Waals surface area contributed by atoms with E-state index in [2.05, 4.69) is 0 Å². The zero-order valence-corrected chi connectivity index (χ0v) is 13.7. The van der Waals surface area contributed by atoms with Gasteiger partial charge >= 0.3 is 0 Å². The van der Waals surface area contributed by atoms with Crippen LogP contribution >= 0.6 is 0 Å². The number of amides is 3. The molecule has 128 valence electrons. The normalized spacial score (nSPS) is 13.2. The van der Waals surface area contributed by atoms with Crippen LogP contribution in [0.25, 0.3) is 0 Å². The molecular weight excluding hydrogens is 314 g/mol. The van der Waals surface area contributed by atoms with E-state index in [9.17, 15) is 24.5 Å². The smallest absolute Gasteiger partial charge is 0.282 e. The molecule has 0 unspecified atom stereocenters. The highest BCUT2D eigenvalue weighted by molar-refractivity contribution is 6.24. The van der Waals surface area contributed by atoms with Crippen molar-refractivity contribution in [2.45, 2.75) is 26.7 Å². The van der Waals surface area contributed by atoms with Crippen molar-refractivity contribution in [2.75, 3.05) is 19.6 Å². The fourth-order valence-electron chi connectivity index (χ4n) is 2.75. The number of nitrogens with zero attached hydrogens (tertiary/aromatic N) is 3. The third-order valence-electron chi connectivity index (χ3n) is 3.81. The van der Waals surface area contributed by atoms with Crippen molar-refractivity contribution >= 4 is 23.4 Å². The lowest BCUT2D eigenvalue weighted by Gasteiger charge is -2.23. The number of carbonyl (C=O) groups is 3. The van der Waals surface area contributed by atoms with Crippen LogP contribution in [0.2, 0.25) is 0 Å². The van der Waals surface area contributed by atoms with E-state index >= 15 is 0 Å². The van der Waals surface area contributed by atoms with Gasteiger partial charge in [0.1, 0.15) is 12.1 Å². The molecule has 0 saturated carbocycles.